The molecule has 1 aromatic rings. The zero-order chi connectivity index (χ0) is 9.60. The Balaban J connectivity index is 1.82. The number of benzene rings is 1. The third-order valence-electron chi connectivity index (χ3n) is 2.28. The van der Waals surface area contributed by atoms with Gasteiger partial charge in [0.05, 0.1) is 19.1 Å². The highest BCUT2D eigenvalue weighted by Gasteiger charge is 2.45. The van der Waals surface area contributed by atoms with E-state index < -0.39 is 5.97 Å². The summed E-state index contributed by atoms with van der Waals surface area (Å²) in [5.41, 5.74) is 0. The fraction of sp³-hybridized carbons (Fsp3) is 0.400. The number of hydrogen-bond donors (Lipinski definition) is 1. The van der Waals surface area contributed by atoms with Crippen molar-refractivity contribution in [3.05, 3.63) is 24.3 Å². The SMILES string of the molecule is OC1(CC2CO2)Oc2ccccc2O1. The first-order chi connectivity index (χ1) is 6.75. The van der Waals surface area contributed by atoms with Gasteiger partial charge >= 0.3 is 5.97 Å². The van der Waals surface area contributed by atoms with E-state index in [1.165, 1.54) is 0 Å². The highest BCUT2D eigenvalue weighted by Crippen LogP contribution is 2.40. The predicted octanol–water partition coefficient (Wildman–Crippen LogP) is 0.893. The van der Waals surface area contributed by atoms with Crippen molar-refractivity contribution in [2.75, 3.05) is 6.61 Å². The summed E-state index contributed by atoms with van der Waals surface area (Å²) in [6.45, 7) is 0.672. The molecular formula is C10H10O4. The molecule has 4 nitrogen and oxygen atoms in total. The highest BCUT2D eigenvalue weighted by atomic mass is 16.8. The van der Waals surface area contributed by atoms with E-state index in [1.807, 2.05) is 12.1 Å². The maximum absolute atomic E-state index is 9.90. The van der Waals surface area contributed by atoms with E-state index >= 15 is 0 Å². The van der Waals surface area contributed by atoms with E-state index in [9.17, 15) is 5.11 Å². The highest BCUT2D eigenvalue weighted by molar-refractivity contribution is 5.42. The van der Waals surface area contributed by atoms with Gasteiger partial charge in [-0.15, -0.1) is 0 Å². The van der Waals surface area contributed by atoms with Crippen LogP contribution in [0.1, 0.15) is 6.42 Å². The van der Waals surface area contributed by atoms with E-state index in [2.05, 4.69) is 0 Å². The fourth-order valence-corrected chi connectivity index (χ4v) is 1.54. The quantitative estimate of drug-likeness (QED) is 0.710. The van der Waals surface area contributed by atoms with Gasteiger partial charge in [-0.05, 0) is 12.1 Å². The lowest BCUT2D eigenvalue weighted by molar-refractivity contribution is -0.255. The lowest BCUT2D eigenvalue weighted by Gasteiger charge is -2.19. The second-order valence-electron chi connectivity index (χ2n) is 3.52. The maximum Gasteiger partial charge on any atom is 0.372 e. The van der Waals surface area contributed by atoms with Crippen LogP contribution in [0.3, 0.4) is 0 Å². The van der Waals surface area contributed by atoms with E-state index in [0.717, 1.165) is 0 Å². The van der Waals surface area contributed by atoms with Crippen molar-refractivity contribution >= 4 is 0 Å². The molecule has 1 aromatic carbocycles. The topological polar surface area (TPSA) is 51.2 Å². The van der Waals surface area contributed by atoms with Gasteiger partial charge in [0.1, 0.15) is 0 Å². The predicted molar refractivity (Wildman–Crippen MR) is 47.0 cm³/mol. The number of ether oxygens (including phenoxy) is 3. The Labute approximate surface area is 81.0 Å². The summed E-state index contributed by atoms with van der Waals surface area (Å²) in [6, 6.07) is 7.20. The summed E-state index contributed by atoms with van der Waals surface area (Å²) in [5.74, 6) is -0.378. The molecule has 1 fully saturated rings. The number of aliphatic hydroxyl groups is 1. The first-order valence-electron chi connectivity index (χ1n) is 4.56. The van der Waals surface area contributed by atoms with Crippen LogP contribution < -0.4 is 9.47 Å². The molecule has 1 N–H and O–H groups in total. The standard InChI is InChI=1S/C10H10O4/c11-10(5-7-6-12-7)13-8-3-1-2-4-9(8)14-10/h1-4,7,11H,5-6H2. The molecule has 1 saturated heterocycles. The second kappa shape index (κ2) is 2.62. The van der Waals surface area contributed by atoms with Gasteiger partial charge in [0.25, 0.3) is 0 Å². The monoisotopic (exact) mass is 194 g/mol. The molecule has 0 saturated carbocycles. The third kappa shape index (κ3) is 1.32. The van der Waals surface area contributed by atoms with Crippen LogP contribution >= 0.6 is 0 Å². The van der Waals surface area contributed by atoms with Crippen molar-refractivity contribution in [2.45, 2.75) is 18.5 Å². The molecule has 0 aromatic heterocycles. The molecular weight excluding hydrogens is 184 g/mol. The average molecular weight is 194 g/mol. The molecule has 1 atom stereocenters. The maximum atomic E-state index is 9.90. The van der Waals surface area contributed by atoms with Crippen LogP contribution in [0.25, 0.3) is 0 Å². The van der Waals surface area contributed by atoms with Crippen molar-refractivity contribution in [1.82, 2.24) is 0 Å². The van der Waals surface area contributed by atoms with Crippen molar-refractivity contribution in [3.8, 4) is 11.5 Å². The zero-order valence-corrected chi connectivity index (χ0v) is 7.47. The van der Waals surface area contributed by atoms with Crippen LogP contribution in [0.5, 0.6) is 11.5 Å². The van der Waals surface area contributed by atoms with Gasteiger partial charge < -0.3 is 19.3 Å². The molecule has 0 bridgehead atoms. The van der Waals surface area contributed by atoms with Gasteiger partial charge in [0, 0.05) is 0 Å². The molecule has 0 spiro atoms. The van der Waals surface area contributed by atoms with Crippen LogP contribution in [-0.4, -0.2) is 23.8 Å². The molecule has 2 aliphatic rings. The fourth-order valence-electron chi connectivity index (χ4n) is 1.54. The zero-order valence-electron chi connectivity index (χ0n) is 7.47. The van der Waals surface area contributed by atoms with Crippen molar-refractivity contribution in [2.24, 2.45) is 0 Å². The summed E-state index contributed by atoms with van der Waals surface area (Å²) in [5, 5.41) is 9.90. The molecule has 74 valence electrons. The summed E-state index contributed by atoms with van der Waals surface area (Å²) in [4.78, 5) is 0. The molecule has 14 heavy (non-hydrogen) atoms. The van der Waals surface area contributed by atoms with E-state index in [4.69, 9.17) is 14.2 Å². The summed E-state index contributed by atoms with van der Waals surface area (Å²) < 4.78 is 15.6. The summed E-state index contributed by atoms with van der Waals surface area (Å²) in [6.07, 6.45) is 0.413. The Morgan fingerprint density at radius 2 is 1.86 bits per heavy atom. The number of fused-ring (bicyclic) bond motifs is 1. The van der Waals surface area contributed by atoms with Crippen LogP contribution in [0.15, 0.2) is 24.3 Å². The Morgan fingerprint density at radius 3 is 2.36 bits per heavy atom. The van der Waals surface area contributed by atoms with Crippen LogP contribution in [-0.2, 0) is 4.74 Å². The molecule has 2 heterocycles. The van der Waals surface area contributed by atoms with Crippen LogP contribution in [0, 0.1) is 0 Å². The van der Waals surface area contributed by atoms with Crippen molar-refractivity contribution in [1.29, 1.82) is 0 Å². The Hall–Kier alpha value is -1.26. The minimum atomic E-state index is -1.54. The molecule has 3 rings (SSSR count). The van der Waals surface area contributed by atoms with Crippen LogP contribution in [0.2, 0.25) is 0 Å². The summed E-state index contributed by atoms with van der Waals surface area (Å²) >= 11 is 0. The smallest absolute Gasteiger partial charge is 0.372 e. The van der Waals surface area contributed by atoms with Gasteiger partial charge in [0.15, 0.2) is 11.5 Å². The third-order valence-corrected chi connectivity index (χ3v) is 2.28. The lowest BCUT2D eigenvalue weighted by atomic mass is 10.3. The molecule has 0 amide bonds. The number of hydrogen-bond acceptors (Lipinski definition) is 4. The van der Waals surface area contributed by atoms with Gasteiger partial charge in [-0.3, -0.25) is 0 Å². The van der Waals surface area contributed by atoms with Gasteiger partial charge in [-0.2, -0.15) is 0 Å². The summed E-state index contributed by atoms with van der Waals surface area (Å²) in [7, 11) is 0. The molecule has 2 aliphatic heterocycles. The molecule has 0 radical (unpaired) electrons. The minimum Gasteiger partial charge on any atom is -0.426 e. The van der Waals surface area contributed by atoms with Gasteiger partial charge in [-0.25, -0.2) is 0 Å². The van der Waals surface area contributed by atoms with E-state index in [1.54, 1.807) is 12.1 Å². The van der Waals surface area contributed by atoms with Crippen molar-refractivity contribution < 1.29 is 19.3 Å². The Bertz CT molecular complexity index is 334. The second-order valence-corrected chi connectivity index (χ2v) is 3.52. The first kappa shape index (κ1) is 8.08. The molecule has 4 heteroatoms. The Kier molecular flexibility index (Phi) is 1.51. The molecule has 0 aliphatic carbocycles. The Morgan fingerprint density at radius 1 is 1.29 bits per heavy atom. The molecule has 1 unspecified atom stereocenters. The first-order valence-corrected chi connectivity index (χ1v) is 4.56. The van der Waals surface area contributed by atoms with Gasteiger partial charge in [-0.1, -0.05) is 12.1 Å². The lowest BCUT2D eigenvalue weighted by Crippen LogP contribution is -2.39. The number of epoxide rings is 1. The van der Waals surface area contributed by atoms with Crippen molar-refractivity contribution in [3.63, 3.8) is 0 Å². The number of rotatable bonds is 2. The number of para-hydroxylation sites is 2. The minimum absolute atomic E-state index is 0.0642. The van der Waals surface area contributed by atoms with E-state index in [0.29, 0.717) is 24.5 Å². The van der Waals surface area contributed by atoms with E-state index in [-0.39, 0.29) is 6.10 Å². The van der Waals surface area contributed by atoms with Gasteiger partial charge in [0.2, 0.25) is 0 Å². The van der Waals surface area contributed by atoms with Crippen LogP contribution in [0.4, 0.5) is 0 Å². The average Bonchev–Trinajstić information content (AvgIpc) is 2.84. The normalized spacial score (nSPS) is 26.2. The largest absolute Gasteiger partial charge is 0.426 e.